The molecule has 0 heterocycles. The molecule has 0 aliphatic rings. The van der Waals surface area contributed by atoms with Crippen molar-refractivity contribution < 1.29 is 18.0 Å². The van der Waals surface area contributed by atoms with Gasteiger partial charge in [0.1, 0.15) is 0 Å². The van der Waals surface area contributed by atoms with Gasteiger partial charge in [0.05, 0.1) is 6.04 Å². The molecule has 0 aliphatic carbocycles. The molecule has 0 fully saturated rings. The van der Waals surface area contributed by atoms with Gasteiger partial charge in [-0.25, -0.2) is 0 Å². The number of nitrogens with two attached hydrogens (primary N) is 1. The molecule has 0 amide bonds. The van der Waals surface area contributed by atoms with E-state index < -0.39 is 18.0 Å². The Hall–Kier alpha value is -0.290. The van der Waals surface area contributed by atoms with E-state index in [1.807, 2.05) is 0 Å². The molecule has 1 atom stereocenters. The van der Waals surface area contributed by atoms with E-state index in [9.17, 15) is 18.0 Å². The first-order valence-corrected chi connectivity index (χ1v) is 2.22. The fourth-order valence-corrected chi connectivity index (χ4v) is 0.258. The van der Waals surface area contributed by atoms with Crippen molar-refractivity contribution in [1.82, 2.24) is 0 Å². The fourth-order valence-electron chi connectivity index (χ4n) is 0.258. The minimum absolute atomic E-state index is 0. The Morgan fingerprint density at radius 3 is 1.80 bits per heavy atom. The van der Waals surface area contributed by atoms with Crippen molar-refractivity contribution in [3.05, 3.63) is 0 Å². The van der Waals surface area contributed by atoms with Crippen LogP contribution in [-0.4, -0.2) is 18.0 Å². The molecule has 10 heavy (non-hydrogen) atoms. The van der Waals surface area contributed by atoms with Gasteiger partial charge < -0.3 is 5.73 Å². The lowest BCUT2D eigenvalue weighted by Gasteiger charge is -2.06. The summed E-state index contributed by atoms with van der Waals surface area (Å²) in [5.74, 6) is -1.89. The molecular formula is C4H7ClF3NO. The topological polar surface area (TPSA) is 43.1 Å². The maximum Gasteiger partial charge on any atom is 0.451 e. The van der Waals surface area contributed by atoms with Gasteiger partial charge in [0.25, 0.3) is 5.78 Å². The highest BCUT2D eigenvalue weighted by molar-refractivity contribution is 5.88. The Morgan fingerprint density at radius 1 is 1.50 bits per heavy atom. The molecule has 0 aromatic carbocycles. The van der Waals surface area contributed by atoms with Crippen molar-refractivity contribution >= 4 is 18.2 Å². The highest BCUT2D eigenvalue weighted by atomic mass is 35.5. The number of ketones is 1. The van der Waals surface area contributed by atoms with Gasteiger partial charge >= 0.3 is 6.18 Å². The molecule has 0 saturated heterocycles. The van der Waals surface area contributed by atoms with Crippen molar-refractivity contribution in [2.24, 2.45) is 5.73 Å². The maximum atomic E-state index is 11.3. The van der Waals surface area contributed by atoms with E-state index in [-0.39, 0.29) is 12.4 Å². The molecule has 2 N–H and O–H groups in total. The third kappa shape index (κ3) is 3.68. The van der Waals surface area contributed by atoms with Crippen LogP contribution in [0.4, 0.5) is 13.2 Å². The lowest BCUT2D eigenvalue weighted by Crippen LogP contribution is -2.38. The SMILES string of the molecule is CC(N)C(=O)C(F)(F)F.Cl. The standard InChI is InChI=1S/C4H6F3NO.ClH/c1-2(8)3(9)4(5,6)7;/h2H,8H2,1H3;1H. The van der Waals surface area contributed by atoms with Crippen molar-refractivity contribution in [3.63, 3.8) is 0 Å². The monoisotopic (exact) mass is 177 g/mol. The normalized spacial score (nSPS) is 13.7. The molecule has 2 nitrogen and oxygen atoms in total. The Kier molecular flexibility index (Phi) is 4.68. The number of halogens is 4. The van der Waals surface area contributed by atoms with Crippen LogP contribution in [-0.2, 0) is 4.79 Å². The molecule has 62 valence electrons. The molecule has 0 bridgehead atoms. The van der Waals surface area contributed by atoms with Crippen molar-refractivity contribution in [2.45, 2.75) is 19.1 Å². The number of rotatable bonds is 1. The minimum Gasteiger partial charge on any atom is -0.321 e. The molecule has 1 unspecified atom stereocenters. The van der Waals surface area contributed by atoms with E-state index in [0.717, 1.165) is 6.92 Å². The first kappa shape index (κ1) is 12.4. The summed E-state index contributed by atoms with van der Waals surface area (Å²) in [4.78, 5) is 9.91. The molecule has 6 heteroatoms. The summed E-state index contributed by atoms with van der Waals surface area (Å²) in [5, 5.41) is 0. The summed E-state index contributed by atoms with van der Waals surface area (Å²) < 4.78 is 33.8. The van der Waals surface area contributed by atoms with E-state index in [1.165, 1.54) is 0 Å². The number of Topliss-reactive ketones (excluding diaryl/α,β-unsaturated/α-hetero) is 1. The molecule has 0 radical (unpaired) electrons. The van der Waals surface area contributed by atoms with E-state index in [4.69, 9.17) is 0 Å². The second kappa shape index (κ2) is 3.78. The van der Waals surface area contributed by atoms with Gasteiger partial charge in [0.15, 0.2) is 0 Å². The molecular weight excluding hydrogens is 170 g/mol. The van der Waals surface area contributed by atoms with Crippen LogP contribution < -0.4 is 5.73 Å². The van der Waals surface area contributed by atoms with E-state index in [0.29, 0.717) is 0 Å². The highest BCUT2D eigenvalue weighted by Gasteiger charge is 2.40. The Bertz CT molecular complexity index is 122. The van der Waals surface area contributed by atoms with Gasteiger partial charge in [-0.15, -0.1) is 12.4 Å². The average molecular weight is 178 g/mol. The summed E-state index contributed by atoms with van der Waals surface area (Å²) in [6, 6.07) is -1.45. The van der Waals surface area contributed by atoms with Gasteiger partial charge in [-0.1, -0.05) is 0 Å². The van der Waals surface area contributed by atoms with Crippen LogP contribution in [0.3, 0.4) is 0 Å². The maximum absolute atomic E-state index is 11.3. The predicted octanol–water partition coefficient (Wildman–Crippen LogP) is 0.887. The third-order valence-corrected chi connectivity index (χ3v) is 0.693. The van der Waals surface area contributed by atoms with Gasteiger partial charge in [-0.05, 0) is 6.92 Å². The van der Waals surface area contributed by atoms with Crippen molar-refractivity contribution in [1.29, 1.82) is 0 Å². The summed E-state index contributed by atoms with van der Waals surface area (Å²) >= 11 is 0. The van der Waals surface area contributed by atoms with Crippen LogP contribution in [0.15, 0.2) is 0 Å². The second-order valence-electron chi connectivity index (χ2n) is 1.65. The van der Waals surface area contributed by atoms with Gasteiger partial charge in [-0.2, -0.15) is 13.2 Å². The molecule has 0 spiro atoms. The zero-order chi connectivity index (χ0) is 7.65. The molecule has 0 aromatic heterocycles. The minimum atomic E-state index is -4.78. The number of alkyl halides is 3. The first-order chi connectivity index (χ1) is 3.85. The van der Waals surface area contributed by atoms with Crippen LogP contribution >= 0.6 is 12.4 Å². The van der Waals surface area contributed by atoms with Gasteiger partial charge in [0.2, 0.25) is 0 Å². The first-order valence-electron chi connectivity index (χ1n) is 2.22. The third-order valence-electron chi connectivity index (χ3n) is 0.693. The highest BCUT2D eigenvalue weighted by Crippen LogP contribution is 2.16. The largest absolute Gasteiger partial charge is 0.451 e. The zero-order valence-corrected chi connectivity index (χ0v) is 5.92. The number of hydrogen-bond acceptors (Lipinski definition) is 2. The van der Waals surface area contributed by atoms with E-state index >= 15 is 0 Å². The quantitative estimate of drug-likeness (QED) is 0.646. The molecule has 0 aliphatic heterocycles. The van der Waals surface area contributed by atoms with Gasteiger partial charge in [-0.3, -0.25) is 4.79 Å². The number of hydrogen-bond donors (Lipinski definition) is 1. The van der Waals surface area contributed by atoms with E-state index in [1.54, 1.807) is 0 Å². The summed E-state index contributed by atoms with van der Waals surface area (Å²) in [5.41, 5.74) is 4.65. The molecule has 0 aromatic rings. The zero-order valence-electron chi connectivity index (χ0n) is 5.11. The summed E-state index contributed by atoms with van der Waals surface area (Å²) in [7, 11) is 0. The fraction of sp³-hybridized carbons (Fsp3) is 0.750. The summed E-state index contributed by atoms with van der Waals surface area (Å²) in [6.07, 6.45) is -4.78. The van der Waals surface area contributed by atoms with Crippen molar-refractivity contribution in [2.75, 3.05) is 0 Å². The lowest BCUT2D eigenvalue weighted by molar-refractivity contribution is -0.172. The van der Waals surface area contributed by atoms with E-state index in [2.05, 4.69) is 5.73 Å². The average Bonchev–Trinajstić information content (AvgIpc) is 1.62. The van der Waals surface area contributed by atoms with Crippen LogP contribution in [0.25, 0.3) is 0 Å². The van der Waals surface area contributed by atoms with Crippen LogP contribution in [0.5, 0.6) is 0 Å². The Morgan fingerprint density at radius 2 is 1.80 bits per heavy atom. The number of carbonyl (C=O) groups is 1. The number of carbonyl (C=O) groups excluding carboxylic acids is 1. The van der Waals surface area contributed by atoms with Crippen LogP contribution in [0.2, 0.25) is 0 Å². The lowest BCUT2D eigenvalue weighted by atomic mass is 10.2. The molecule has 0 rings (SSSR count). The van der Waals surface area contributed by atoms with Crippen LogP contribution in [0, 0.1) is 0 Å². The Balaban J connectivity index is 0. The smallest absolute Gasteiger partial charge is 0.321 e. The van der Waals surface area contributed by atoms with Crippen molar-refractivity contribution in [3.8, 4) is 0 Å². The molecule has 0 saturated carbocycles. The van der Waals surface area contributed by atoms with Gasteiger partial charge in [0, 0.05) is 0 Å². The Labute approximate surface area is 62.0 Å². The second-order valence-corrected chi connectivity index (χ2v) is 1.65. The van der Waals surface area contributed by atoms with Crippen LogP contribution in [0.1, 0.15) is 6.92 Å². The summed E-state index contributed by atoms with van der Waals surface area (Å²) in [6.45, 7) is 0.996. The predicted molar refractivity (Wildman–Crippen MR) is 32.0 cm³/mol.